The van der Waals surface area contributed by atoms with Gasteiger partial charge in [0.25, 0.3) is 0 Å². The summed E-state index contributed by atoms with van der Waals surface area (Å²) in [5.41, 5.74) is 2.28. The van der Waals surface area contributed by atoms with Crippen molar-refractivity contribution in [3.8, 4) is 11.4 Å². The van der Waals surface area contributed by atoms with Gasteiger partial charge in [0.05, 0.1) is 5.75 Å². The molecule has 1 heterocycles. The van der Waals surface area contributed by atoms with Gasteiger partial charge in [-0.25, -0.2) is 0 Å². The van der Waals surface area contributed by atoms with Crippen LogP contribution in [0.3, 0.4) is 0 Å². The molecule has 1 aromatic carbocycles. The summed E-state index contributed by atoms with van der Waals surface area (Å²) < 4.78 is 2.15. The van der Waals surface area contributed by atoms with E-state index in [0.29, 0.717) is 11.8 Å². The zero-order chi connectivity index (χ0) is 19.2. The lowest BCUT2D eigenvalue weighted by Crippen LogP contribution is -2.39. The number of hydrogen-bond donors (Lipinski definition) is 0. The van der Waals surface area contributed by atoms with Crippen LogP contribution in [0.15, 0.2) is 29.4 Å². The number of aromatic nitrogens is 3. The van der Waals surface area contributed by atoms with E-state index >= 15 is 0 Å². The van der Waals surface area contributed by atoms with E-state index in [1.54, 1.807) is 0 Å². The maximum atomic E-state index is 12.7. The Bertz CT molecular complexity index is 767. The largest absolute Gasteiger partial charge is 0.342 e. The summed E-state index contributed by atoms with van der Waals surface area (Å²) in [5.74, 6) is 1.49. The number of nitrogens with zero attached hydrogens (tertiary/aromatic N) is 4. The predicted molar refractivity (Wildman–Crippen MR) is 111 cm³/mol. The fourth-order valence-corrected chi connectivity index (χ4v) is 4.61. The van der Waals surface area contributed by atoms with E-state index in [4.69, 9.17) is 0 Å². The molecule has 0 aliphatic heterocycles. The molecule has 0 spiro atoms. The van der Waals surface area contributed by atoms with Gasteiger partial charge in [-0.1, -0.05) is 61.7 Å². The van der Waals surface area contributed by atoms with Crippen molar-refractivity contribution < 1.29 is 4.79 Å². The van der Waals surface area contributed by atoms with Crippen LogP contribution in [0.2, 0.25) is 0 Å². The third-order valence-electron chi connectivity index (χ3n) is 5.28. The summed E-state index contributed by atoms with van der Waals surface area (Å²) in [4.78, 5) is 14.6. The molecular weight excluding hydrogens is 356 g/mol. The molecule has 1 fully saturated rings. The average Bonchev–Trinajstić information content (AvgIpc) is 3.09. The van der Waals surface area contributed by atoms with Gasteiger partial charge in [-0.3, -0.25) is 4.79 Å². The van der Waals surface area contributed by atoms with Gasteiger partial charge in [-0.05, 0) is 32.3 Å². The van der Waals surface area contributed by atoms with E-state index in [1.165, 1.54) is 36.6 Å². The van der Waals surface area contributed by atoms with Gasteiger partial charge in [0.1, 0.15) is 0 Å². The van der Waals surface area contributed by atoms with Gasteiger partial charge in [-0.2, -0.15) is 0 Å². The van der Waals surface area contributed by atoms with E-state index in [0.717, 1.165) is 42.4 Å². The van der Waals surface area contributed by atoms with Crippen LogP contribution in [0.4, 0.5) is 0 Å². The fraction of sp³-hybridized carbons (Fsp3) is 0.571. The minimum absolute atomic E-state index is 0.190. The number of hydrogen-bond acceptors (Lipinski definition) is 4. The molecule has 1 amide bonds. The van der Waals surface area contributed by atoms with Crippen molar-refractivity contribution in [3.63, 3.8) is 0 Å². The third kappa shape index (κ3) is 4.92. The Balaban J connectivity index is 1.70. The summed E-state index contributed by atoms with van der Waals surface area (Å²) >= 11 is 1.51. The maximum absolute atomic E-state index is 12.7. The molecule has 1 saturated carbocycles. The molecule has 5 nitrogen and oxygen atoms in total. The molecule has 0 atom stereocenters. The Kier molecular flexibility index (Phi) is 6.94. The van der Waals surface area contributed by atoms with Crippen molar-refractivity contribution in [1.82, 2.24) is 19.7 Å². The lowest BCUT2D eigenvalue weighted by Gasteiger charge is -2.31. The van der Waals surface area contributed by atoms with Crippen molar-refractivity contribution >= 4 is 17.7 Å². The summed E-state index contributed by atoms with van der Waals surface area (Å²) in [5, 5.41) is 9.65. The van der Waals surface area contributed by atoms with Crippen LogP contribution in [0.25, 0.3) is 11.4 Å². The summed E-state index contributed by atoms with van der Waals surface area (Å²) in [6.07, 6.45) is 7.04. The number of thioether (sulfide) groups is 1. The quantitative estimate of drug-likeness (QED) is 0.655. The minimum atomic E-state index is 0.190. The van der Waals surface area contributed by atoms with E-state index in [9.17, 15) is 4.79 Å². The molecule has 0 radical (unpaired) electrons. The summed E-state index contributed by atoms with van der Waals surface area (Å²) in [6.45, 7) is 5.08. The molecule has 1 aromatic heterocycles. The topological polar surface area (TPSA) is 51.0 Å². The molecule has 0 saturated heterocycles. The molecule has 146 valence electrons. The average molecular weight is 387 g/mol. The highest BCUT2D eigenvalue weighted by Crippen LogP contribution is 2.26. The van der Waals surface area contributed by atoms with Crippen LogP contribution in [-0.4, -0.2) is 44.4 Å². The Labute approximate surface area is 166 Å². The first-order chi connectivity index (χ1) is 13.1. The van der Waals surface area contributed by atoms with Crippen LogP contribution in [-0.2, 0) is 11.3 Å². The Morgan fingerprint density at radius 1 is 1.26 bits per heavy atom. The Hall–Kier alpha value is -1.82. The smallest absolute Gasteiger partial charge is 0.233 e. The lowest BCUT2D eigenvalue weighted by atomic mass is 9.94. The minimum Gasteiger partial charge on any atom is -0.342 e. The normalized spacial score (nSPS) is 15.1. The molecule has 3 rings (SSSR count). The summed E-state index contributed by atoms with van der Waals surface area (Å²) in [7, 11) is 1.95. The van der Waals surface area contributed by atoms with E-state index < -0.39 is 0 Å². The molecular formula is C21H30N4OS. The van der Waals surface area contributed by atoms with Crippen molar-refractivity contribution in [2.45, 2.75) is 70.1 Å². The maximum Gasteiger partial charge on any atom is 0.233 e. The Morgan fingerprint density at radius 2 is 2.04 bits per heavy atom. The second kappa shape index (κ2) is 9.40. The second-order valence-corrected chi connectivity index (χ2v) is 8.35. The molecule has 2 aromatic rings. The van der Waals surface area contributed by atoms with E-state index in [-0.39, 0.29) is 5.91 Å². The molecule has 1 aliphatic rings. The van der Waals surface area contributed by atoms with Crippen molar-refractivity contribution in [2.75, 3.05) is 12.8 Å². The van der Waals surface area contributed by atoms with Crippen LogP contribution < -0.4 is 0 Å². The predicted octanol–water partition coefficient (Wildman–Crippen LogP) is 4.55. The van der Waals surface area contributed by atoms with Crippen molar-refractivity contribution in [2.24, 2.45) is 0 Å². The summed E-state index contributed by atoms with van der Waals surface area (Å²) in [6, 6.07) is 8.74. The number of carbonyl (C=O) groups is 1. The van der Waals surface area contributed by atoms with Gasteiger partial charge in [0.2, 0.25) is 5.91 Å². The lowest BCUT2D eigenvalue weighted by molar-refractivity contribution is -0.129. The number of benzene rings is 1. The molecule has 0 bridgehead atoms. The molecule has 27 heavy (non-hydrogen) atoms. The second-order valence-electron chi connectivity index (χ2n) is 7.41. The highest BCUT2D eigenvalue weighted by Gasteiger charge is 2.23. The molecule has 0 unspecified atom stereocenters. The van der Waals surface area contributed by atoms with Gasteiger partial charge < -0.3 is 9.47 Å². The number of aryl methyl sites for hydroxylation is 1. The van der Waals surface area contributed by atoms with Crippen LogP contribution in [0.1, 0.15) is 51.0 Å². The van der Waals surface area contributed by atoms with Gasteiger partial charge in [0.15, 0.2) is 11.0 Å². The first-order valence-corrected chi connectivity index (χ1v) is 11.0. The molecule has 0 N–H and O–H groups in total. The van der Waals surface area contributed by atoms with Crippen molar-refractivity contribution in [3.05, 3.63) is 29.8 Å². The number of amides is 1. The first-order valence-electron chi connectivity index (χ1n) is 9.99. The number of carbonyl (C=O) groups excluding carboxylic acids is 1. The van der Waals surface area contributed by atoms with Crippen LogP contribution in [0.5, 0.6) is 0 Å². The fourth-order valence-electron chi connectivity index (χ4n) is 3.72. The zero-order valence-corrected chi connectivity index (χ0v) is 17.5. The number of rotatable bonds is 7. The van der Waals surface area contributed by atoms with Gasteiger partial charge in [-0.15, -0.1) is 10.2 Å². The third-order valence-corrected chi connectivity index (χ3v) is 6.23. The van der Waals surface area contributed by atoms with Crippen LogP contribution >= 0.6 is 11.8 Å². The zero-order valence-electron chi connectivity index (χ0n) is 16.6. The van der Waals surface area contributed by atoms with Crippen molar-refractivity contribution in [1.29, 1.82) is 0 Å². The SMILES string of the molecule is CCCn1c(SCC(=O)N(C)C2CCCCC2)nnc1-c1cccc(C)c1. The van der Waals surface area contributed by atoms with E-state index in [1.807, 2.05) is 18.0 Å². The van der Waals surface area contributed by atoms with Crippen LogP contribution in [0, 0.1) is 6.92 Å². The Morgan fingerprint density at radius 3 is 2.74 bits per heavy atom. The molecule has 6 heteroatoms. The van der Waals surface area contributed by atoms with E-state index in [2.05, 4.69) is 46.8 Å². The van der Waals surface area contributed by atoms with Gasteiger partial charge >= 0.3 is 0 Å². The van der Waals surface area contributed by atoms with Gasteiger partial charge in [0, 0.05) is 25.2 Å². The monoisotopic (exact) mass is 386 g/mol. The standard InChI is InChI=1S/C21H30N4OS/c1-4-13-25-20(17-10-8-9-16(2)14-17)22-23-21(25)27-15-19(26)24(3)18-11-6-5-7-12-18/h8-10,14,18H,4-7,11-13,15H2,1-3H3. The highest BCUT2D eigenvalue weighted by atomic mass is 32.2. The highest BCUT2D eigenvalue weighted by molar-refractivity contribution is 7.99. The first kappa shape index (κ1) is 19.9. The molecule has 1 aliphatic carbocycles.